The summed E-state index contributed by atoms with van der Waals surface area (Å²) in [6.07, 6.45) is 1.80. The van der Waals surface area contributed by atoms with Crippen molar-refractivity contribution in [2.24, 2.45) is 0 Å². The molecule has 0 fully saturated rings. The number of carbonyl (C=O) groups is 2. The first-order valence-electron chi connectivity index (χ1n) is 6.81. The van der Waals surface area contributed by atoms with E-state index in [-0.39, 0.29) is 11.9 Å². The quantitative estimate of drug-likeness (QED) is 0.721. The van der Waals surface area contributed by atoms with E-state index in [0.29, 0.717) is 13.2 Å². The monoisotopic (exact) mass is 264 g/mol. The van der Waals surface area contributed by atoms with Gasteiger partial charge >= 0.3 is 11.9 Å². The molecule has 0 aliphatic carbocycles. The number of esters is 2. The summed E-state index contributed by atoms with van der Waals surface area (Å²) in [5.41, 5.74) is 0. The van der Waals surface area contributed by atoms with Crippen LogP contribution in [0.15, 0.2) is 0 Å². The SMILES string of the molecule is CC.CC.CCCOC(C)=O.CCCOC(C)=O. The highest BCUT2D eigenvalue weighted by atomic mass is 16.5. The molecule has 112 valence electrons. The molecule has 0 bridgehead atoms. The van der Waals surface area contributed by atoms with Crippen molar-refractivity contribution < 1.29 is 19.1 Å². The van der Waals surface area contributed by atoms with Crippen molar-refractivity contribution in [3.8, 4) is 0 Å². The van der Waals surface area contributed by atoms with Gasteiger partial charge in [-0.3, -0.25) is 9.59 Å². The van der Waals surface area contributed by atoms with Crippen LogP contribution in [0.25, 0.3) is 0 Å². The van der Waals surface area contributed by atoms with Crippen LogP contribution >= 0.6 is 0 Å². The molecule has 4 heteroatoms. The Morgan fingerprint density at radius 2 is 0.944 bits per heavy atom. The highest BCUT2D eigenvalue weighted by Gasteiger charge is 1.86. The van der Waals surface area contributed by atoms with Gasteiger partial charge in [0.15, 0.2) is 0 Å². The zero-order valence-corrected chi connectivity index (χ0v) is 13.5. The van der Waals surface area contributed by atoms with Gasteiger partial charge in [-0.1, -0.05) is 41.5 Å². The lowest BCUT2D eigenvalue weighted by Gasteiger charge is -1.93. The zero-order chi connectivity index (χ0) is 15.4. The highest BCUT2D eigenvalue weighted by molar-refractivity contribution is 5.66. The van der Waals surface area contributed by atoms with Crippen molar-refractivity contribution in [2.75, 3.05) is 13.2 Å². The molecular weight excluding hydrogens is 232 g/mol. The molecule has 0 aromatic rings. The highest BCUT2D eigenvalue weighted by Crippen LogP contribution is 1.79. The van der Waals surface area contributed by atoms with Gasteiger partial charge in [0, 0.05) is 13.8 Å². The Balaban J connectivity index is -0.0000000851. The van der Waals surface area contributed by atoms with Crippen molar-refractivity contribution in [2.45, 2.75) is 68.2 Å². The van der Waals surface area contributed by atoms with Gasteiger partial charge in [0.05, 0.1) is 13.2 Å². The number of hydrogen-bond donors (Lipinski definition) is 0. The standard InChI is InChI=1S/2C5H10O2.2C2H6/c2*1-3-4-7-5(2)6;2*1-2/h2*3-4H2,1-2H3;2*1-2H3. The summed E-state index contributed by atoms with van der Waals surface area (Å²) in [4.78, 5) is 20.0. The Labute approximate surface area is 113 Å². The van der Waals surface area contributed by atoms with E-state index >= 15 is 0 Å². The maximum Gasteiger partial charge on any atom is 0.302 e. The summed E-state index contributed by atoms with van der Waals surface area (Å²) in [6.45, 7) is 15.8. The van der Waals surface area contributed by atoms with Gasteiger partial charge < -0.3 is 9.47 Å². The topological polar surface area (TPSA) is 52.6 Å². The number of hydrogen-bond acceptors (Lipinski definition) is 4. The summed E-state index contributed by atoms with van der Waals surface area (Å²) >= 11 is 0. The maximum atomic E-state index is 9.98. The van der Waals surface area contributed by atoms with Crippen molar-refractivity contribution in [1.82, 2.24) is 0 Å². The van der Waals surface area contributed by atoms with Crippen molar-refractivity contribution in [3.05, 3.63) is 0 Å². The molecule has 0 saturated carbocycles. The molecule has 0 amide bonds. The Morgan fingerprint density at radius 3 is 1.00 bits per heavy atom. The Kier molecular flexibility index (Phi) is 42.5. The molecule has 0 aliphatic heterocycles. The summed E-state index contributed by atoms with van der Waals surface area (Å²) in [5.74, 6) is -0.385. The van der Waals surface area contributed by atoms with Crippen LogP contribution in [0.3, 0.4) is 0 Å². The van der Waals surface area contributed by atoms with Crippen LogP contribution in [0.1, 0.15) is 68.2 Å². The normalized spacial score (nSPS) is 7.11. The van der Waals surface area contributed by atoms with Crippen LogP contribution < -0.4 is 0 Å². The van der Waals surface area contributed by atoms with Gasteiger partial charge in [0.25, 0.3) is 0 Å². The second-order valence-electron chi connectivity index (χ2n) is 2.68. The first-order chi connectivity index (χ1) is 8.54. The molecule has 4 nitrogen and oxygen atoms in total. The van der Waals surface area contributed by atoms with Gasteiger partial charge in [-0.25, -0.2) is 0 Å². The van der Waals surface area contributed by atoms with Gasteiger partial charge in [-0.05, 0) is 12.8 Å². The molecule has 0 heterocycles. The van der Waals surface area contributed by atoms with Crippen molar-refractivity contribution in [3.63, 3.8) is 0 Å². The molecule has 0 rings (SSSR count). The Hall–Kier alpha value is -1.06. The van der Waals surface area contributed by atoms with E-state index < -0.39 is 0 Å². The fourth-order valence-electron chi connectivity index (χ4n) is 0.492. The third-order valence-corrected chi connectivity index (χ3v) is 1.02. The van der Waals surface area contributed by atoms with Crippen LogP contribution in [0, 0.1) is 0 Å². The maximum absolute atomic E-state index is 9.98. The van der Waals surface area contributed by atoms with E-state index in [4.69, 9.17) is 0 Å². The second-order valence-corrected chi connectivity index (χ2v) is 2.68. The molecule has 0 radical (unpaired) electrons. The summed E-state index contributed by atoms with van der Waals surface area (Å²) < 4.78 is 9.10. The molecule has 0 atom stereocenters. The van der Waals surface area contributed by atoms with Crippen LogP contribution in [-0.4, -0.2) is 25.2 Å². The lowest BCUT2D eigenvalue weighted by molar-refractivity contribution is -0.141. The van der Waals surface area contributed by atoms with Gasteiger partial charge in [0.1, 0.15) is 0 Å². The molecule has 0 aromatic heterocycles. The first-order valence-corrected chi connectivity index (χ1v) is 6.81. The smallest absolute Gasteiger partial charge is 0.302 e. The van der Waals surface area contributed by atoms with Gasteiger partial charge in [-0.15, -0.1) is 0 Å². The summed E-state index contributed by atoms with van der Waals surface area (Å²) in [7, 11) is 0. The van der Waals surface area contributed by atoms with Crippen LogP contribution in [-0.2, 0) is 19.1 Å². The number of ether oxygens (including phenoxy) is 2. The molecule has 0 aromatic carbocycles. The second kappa shape index (κ2) is 29.7. The molecule has 0 unspecified atom stereocenters. The minimum absolute atomic E-state index is 0.193. The Morgan fingerprint density at radius 1 is 0.722 bits per heavy atom. The zero-order valence-electron chi connectivity index (χ0n) is 13.5. The van der Waals surface area contributed by atoms with E-state index in [1.807, 2.05) is 41.5 Å². The van der Waals surface area contributed by atoms with E-state index in [2.05, 4.69) is 9.47 Å². The summed E-state index contributed by atoms with van der Waals surface area (Å²) in [5, 5.41) is 0. The van der Waals surface area contributed by atoms with E-state index in [0.717, 1.165) is 12.8 Å². The lowest BCUT2D eigenvalue weighted by Crippen LogP contribution is -1.98. The minimum Gasteiger partial charge on any atom is -0.466 e. The predicted octanol–water partition coefficient (Wildman–Crippen LogP) is 3.97. The van der Waals surface area contributed by atoms with E-state index in [1.165, 1.54) is 13.8 Å². The number of rotatable bonds is 4. The molecule has 0 N–H and O–H groups in total. The molecule has 0 saturated heterocycles. The largest absolute Gasteiger partial charge is 0.466 e. The van der Waals surface area contributed by atoms with Gasteiger partial charge in [0.2, 0.25) is 0 Å². The van der Waals surface area contributed by atoms with Crippen LogP contribution in [0.2, 0.25) is 0 Å². The third-order valence-electron chi connectivity index (χ3n) is 1.02. The minimum atomic E-state index is -0.193. The third kappa shape index (κ3) is 60.3. The fraction of sp³-hybridized carbons (Fsp3) is 0.857. The van der Waals surface area contributed by atoms with Crippen molar-refractivity contribution >= 4 is 11.9 Å². The first kappa shape index (κ1) is 25.7. The van der Waals surface area contributed by atoms with E-state index in [9.17, 15) is 9.59 Å². The van der Waals surface area contributed by atoms with Crippen LogP contribution in [0.5, 0.6) is 0 Å². The van der Waals surface area contributed by atoms with Gasteiger partial charge in [-0.2, -0.15) is 0 Å². The lowest BCUT2D eigenvalue weighted by atomic mass is 10.5. The van der Waals surface area contributed by atoms with E-state index in [1.54, 1.807) is 0 Å². The molecule has 0 aliphatic rings. The average molecular weight is 264 g/mol. The molecular formula is C14H32O4. The van der Waals surface area contributed by atoms with Crippen molar-refractivity contribution in [1.29, 1.82) is 0 Å². The molecule has 18 heavy (non-hydrogen) atoms. The summed E-state index contributed by atoms with van der Waals surface area (Å²) in [6, 6.07) is 0. The average Bonchev–Trinajstić information content (AvgIpc) is 2.39. The molecule has 0 spiro atoms. The predicted molar refractivity (Wildman–Crippen MR) is 76.5 cm³/mol. The van der Waals surface area contributed by atoms with Crippen LogP contribution in [0.4, 0.5) is 0 Å². The number of carbonyl (C=O) groups excluding carboxylic acids is 2. The fourth-order valence-corrected chi connectivity index (χ4v) is 0.492. The Bertz CT molecular complexity index is 138.